The lowest BCUT2D eigenvalue weighted by Gasteiger charge is -2.19. The van der Waals surface area contributed by atoms with Crippen molar-refractivity contribution in [3.05, 3.63) is 0 Å². The third kappa shape index (κ3) is 2.71. The molecule has 1 aliphatic heterocycles. The molecule has 1 saturated carbocycles. The van der Waals surface area contributed by atoms with E-state index in [2.05, 4.69) is 31.4 Å². The summed E-state index contributed by atoms with van der Waals surface area (Å²) in [6.45, 7) is 10.8. The van der Waals surface area contributed by atoms with E-state index in [9.17, 15) is 0 Å². The van der Waals surface area contributed by atoms with E-state index in [1.54, 1.807) is 0 Å². The van der Waals surface area contributed by atoms with Crippen LogP contribution in [0.1, 0.15) is 27.2 Å². The molecule has 3 atom stereocenters. The minimum atomic E-state index is 0.535. The lowest BCUT2D eigenvalue weighted by atomic mass is 10.0. The highest BCUT2D eigenvalue weighted by atomic mass is 16.5. The van der Waals surface area contributed by atoms with Crippen LogP contribution in [0.5, 0.6) is 0 Å². The van der Waals surface area contributed by atoms with Crippen LogP contribution >= 0.6 is 0 Å². The predicted octanol–water partition coefficient (Wildman–Crippen LogP) is 0.999. The van der Waals surface area contributed by atoms with Gasteiger partial charge in [0.2, 0.25) is 0 Å². The van der Waals surface area contributed by atoms with Crippen molar-refractivity contribution in [1.82, 2.24) is 10.6 Å². The quantitative estimate of drug-likeness (QED) is 0.713. The molecule has 15 heavy (non-hydrogen) atoms. The number of hydrogen-bond donors (Lipinski definition) is 2. The molecule has 2 aliphatic rings. The molecule has 88 valence electrons. The number of likely N-dealkylation sites (N-methyl/N-ethyl adjacent to an activating group) is 1. The van der Waals surface area contributed by atoms with Crippen LogP contribution in [0.15, 0.2) is 0 Å². The van der Waals surface area contributed by atoms with Gasteiger partial charge in [0.05, 0.1) is 13.2 Å². The summed E-state index contributed by atoms with van der Waals surface area (Å²) < 4.78 is 5.52. The van der Waals surface area contributed by atoms with Gasteiger partial charge in [0, 0.05) is 24.5 Å². The Bertz CT molecular complexity index is 218. The normalized spacial score (nSPS) is 38.2. The molecule has 2 N–H and O–H groups in total. The zero-order valence-corrected chi connectivity index (χ0v) is 10.2. The molecule has 0 bridgehead atoms. The van der Waals surface area contributed by atoms with Gasteiger partial charge in [-0.15, -0.1) is 0 Å². The lowest BCUT2D eigenvalue weighted by molar-refractivity contribution is 0.182. The number of ether oxygens (including phenoxy) is 1. The monoisotopic (exact) mass is 212 g/mol. The molecule has 3 heteroatoms. The molecule has 0 aromatic heterocycles. The molecule has 0 aromatic rings. The second kappa shape index (κ2) is 4.40. The largest absolute Gasteiger partial charge is 0.379 e. The summed E-state index contributed by atoms with van der Waals surface area (Å²) in [6.07, 6.45) is 1.33. The van der Waals surface area contributed by atoms with Gasteiger partial charge in [0.25, 0.3) is 0 Å². The van der Waals surface area contributed by atoms with E-state index < -0.39 is 0 Å². The minimum absolute atomic E-state index is 0.535. The van der Waals surface area contributed by atoms with Gasteiger partial charge < -0.3 is 15.4 Å². The average Bonchev–Trinajstić information content (AvgIpc) is 2.61. The molecule has 0 radical (unpaired) electrons. The maximum absolute atomic E-state index is 5.52. The summed E-state index contributed by atoms with van der Waals surface area (Å²) in [4.78, 5) is 0. The summed E-state index contributed by atoms with van der Waals surface area (Å²) in [6, 6.07) is 1.30. The van der Waals surface area contributed by atoms with Crippen LogP contribution in [-0.2, 0) is 4.74 Å². The molecule has 2 fully saturated rings. The fourth-order valence-electron chi connectivity index (χ4n) is 2.40. The molecule has 1 saturated heterocycles. The van der Waals surface area contributed by atoms with Crippen LogP contribution in [0.3, 0.4) is 0 Å². The third-order valence-electron chi connectivity index (χ3n) is 3.80. The summed E-state index contributed by atoms with van der Waals surface area (Å²) in [5, 5.41) is 7.15. The summed E-state index contributed by atoms with van der Waals surface area (Å²) in [7, 11) is 0. The lowest BCUT2D eigenvalue weighted by Crippen LogP contribution is -2.41. The Morgan fingerprint density at radius 3 is 2.60 bits per heavy atom. The molecule has 0 amide bonds. The first-order chi connectivity index (χ1) is 7.13. The molecule has 3 unspecified atom stereocenters. The molecular formula is C12H24N2O. The Kier molecular flexibility index (Phi) is 3.33. The molecule has 0 spiro atoms. The Morgan fingerprint density at radius 2 is 2.00 bits per heavy atom. The fraction of sp³-hybridized carbons (Fsp3) is 1.00. The highest BCUT2D eigenvalue weighted by molar-refractivity contribution is 5.02. The molecule has 3 nitrogen and oxygen atoms in total. The SMILES string of the molecule is CCNC1COCC1CNC1CC1(C)C. The Morgan fingerprint density at radius 1 is 1.27 bits per heavy atom. The van der Waals surface area contributed by atoms with Gasteiger partial charge in [-0.25, -0.2) is 0 Å². The van der Waals surface area contributed by atoms with Gasteiger partial charge in [0.15, 0.2) is 0 Å². The summed E-state index contributed by atoms with van der Waals surface area (Å²) in [5.74, 6) is 0.654. The second-order valence-corrected chi connectivity index (χ2v) is 5.62. The van der Waals surface area contributed by atoms with Gasteiger partial charge in [-0.2, -0.15) is 0 Å². The van der Waals surface area contributed by atoms with E-state index in [0.717, 1.165) is 32.3 Å². The zero-order valence-electron chi connectivity index (χ0n) is 10.2. The van der Waals surface area contributed by atoms with Gasteiger partial charge in [-0.3, -0.25) is 0 Å². The molecule has 1 heterocycles. The maximum atomic E-state index is 5.52. The van der Waals surface area contributed by atoms with E-state index in [1.807, 2.05) is 0 Å². The Labute approximate surface area is 93.0 Å². The minimum Gasteiger partial charge on any atom is -0.379 e. The Hall–Kier alpha value is -0.120. The second-order valence-electron chi connectivity index (χ2n) is 5.62. The van der Waals surface area contributed by atoms with Crippen molar-refractivity contribution < 1.29 is 4.74 Å². The molecule has 0 aromatic carbocycles. The first kappa shape index (κ1) is 11.4. The van der Waals surface area contributed by atoms with Gasteiger partial charge in [0.1, 0.15) is 0 Å². The van der Waals surface area contributed by atoms with Crippen molar-refractivity contribution in [3.8, 4) is 0 Å². The van der Waals surface area contributed by atoms with Crippen molar-refractivity contribution in [1.29, 1.82) is 0 Å². The van der Waals surface area contributed by atoms with Gasteiger partial charge >= 0.3 is 0 Å². The van der Waals surface area contributed by atoms with Crippen LogP contribution in [0.25, 0.3) is 0 Å². The first-order valence-corrected chi connectivity index (χ1v) is 6.18. The topological polar surface area (TPSA) is 33.3 Å². The van der Waals surface area contributed by atoms with Crippen molar-refractivity contribution in [3.63, 3.8) is 0 Å². The third-order valence-corrected chi connectivity index (χ3v) is 3.80. The summed E-state index contributed by atoms with van der Waals surface area (Å²) >= 11 is 0. The standard InChI is InChI=1S/C12H24N2O/c1-4-13-10-8-15-7-9(10)6-14-11-5-12(11,2)3/h9-11,13-14H,4-8H2,1-3H3. The van der Waals surface area contributed by atoms with Crippen LogP contribution in [0.4, 0.5) is 0 Å². The highest BCUT2D eigenvalue weighted by Crippen LogP contribution is 2.44. The number of nitrogens with one attached hydrogen (secondary N) is 2. The van der Waals surface area contributed by atoms with Crippen LogP contribution in [0, 0.1) is 11.3 Å². The van der Waals surface area contributed by atoms with Crippen molar-refractivity contribution in [2.45, 2.75) is 39.3 Å². The van der Waals surface area contributed by atoms with Crippen molar-refractivity contribution in [2.24, 2.45) is 11.3 Å². The highest BCUT2D eigenvalue weighted by Gasteiger charge is 2.45. The molecule has 1 aliphatic carbocycles. The van der Waals surface area contributed by atoms with E-state index in [-0.39, 0.29) is 0 Å². The van der Waals surface area contributed by atoms with Crippen LogP contribution in [0.2, 0.25) is 0 Å². The summed E-state index contributed by atoms with van der Waals surface area (Å²) in [5.41, 5.74) is 0.535. The van der Waals surface area contributed by atoms with E-state index in [1.165, 1.54) is 6.42 Å². The maximum Gasteiger partial charge on any atom is 0.0623 e. The smallest absolute Gasteiger partial charge is 0.0623 e. The van der Waals surface area contributed by atoms with E-state index in [0.29, 0.717) is 17.4 Å². The Balaban J connectivity index is 1.70. The van der Waals surface area contributed by atoms with Crippen molar-refractivity contribution in [2.75, 3.05) is 26.3 Å². The van der Waals surface area contributed by atoms with E-state index >= 15 is 0 Å². The van der Waals surface area contributed by atoms with Gasteiger partial charge in [-0.05, 0) is 18.4 Å². The molecule has 2 rings (SSSR count). The average molecular weight is 212 g/mol. The van der Waals surface area contributed by atoms with Crippen molar-refractivity contribution >= 4 is 0 Å². The predicted molar refractivity (Wildman–Crippen MR) is 62.0 cm³/mol. The zero-order chi connectivity index (χ0) is 10.9. The molecular weight excluding hydrogens is 188 g/mol. The van der Waals surface area contributed by atoms with Crippen LogP contribution < -0.4 is 10.6 Å². The van der Waals surface area contributed by atoms with E-state index in [4.69, 9.17) is 4.74 Å². The van der Waals surface area contributed by atoms with Gasteiger partial charge in [-0.1, -0.05) is 20.8 Å². The fourth-order valence-corrected chi connectivity index (χ4v) is 2.40. The van der Waals surface area contributed by atoms with Crippen LogP contribution in [-0.4, -0.2) is 38.4 Å². The number of rotatable bonds is 5. The number of hydrogen-bond acceptors (Lipinski definition) is 3. The first-order valence-electron chi connectivity index (χ1n) is 6.18.